The Balaban J connectivity index is 1.93. The number of nitrogens with two attached hydrogens (primary N) is 1. The first-order valence-electron chi connectivity index (χ1n) is 7.49. The highest BCUT2D eigenvalue weighted by atomic mass is 16.7. The zero-order valence-corrected chi connectivity index (χ0v) is 13.0. The van der Waals surface area contributed by atoms with Gasteiger partial charge in [-0.3, -0.25) is 4.79 Å². The number of carbonyl (C=O) groups is 1. The highest BCUT2D eigenvalue weighted by Gasteiger charge is 2.30. The Bertz CT molecular complexity index is 476. The van der Waals surface area contributed by atoms with Gasteiger partial charge in [0.15, 0.2) is 6.29 Å². The maximum atomic E-state index is 12.4. The van der Waals surface area contributed by atoms with Gasteiger partial charge in [-0.1, -0.05) is 30.3 Å². The Hall–Kier alpha value is -1.47. The van der Waals surface area contributed by atoms with Crippen molar-refractivity contribution in [1.29, 1.82) is 0 Å². The summed E-state index contributed by atoms with van der Waals surface area (Å²) in [5, 5.41) is 10.4. The van der Waals surface area contributed by atoms with Gasteiger partial charge in [0.05, 0.1) is 31.4 Å². The first-order valence-corrected chi connectivity index (χ1v) is 7.49. The quantitative estimate of drug-likeness (QED) is 0.806. The Morgan fingerprint density at radius 1 is 1.36 bits per heavy atom. The van der Waals surface area contributed by atoms with Gasteiger partial charge in [-0.2, -0.15) is 0 Å². The molecule has 1 aromatic carbocycles. The van der Waals surface area contributed by atoms with Gasteiger partial charge in [-0.15, -0.1) is 0 Å². The SMILES string of the molecule is CC(C(O)c1ccccc1)N(C)C(=O)C(N)CC1OCCO1. The molecule has 1 heterocycles. The van der Waals surface area contributed by atoms with E-state index >= 15 is 0 Å². The summed E-state index contributed by atoms with van der Waals surface area (Å²) in [6, 6.07) is 8.16. The van der Waals surface area contributed by atoms with Crippen LogP contribution in [0, 0.1) is 0 Å². The van der Waals surface area contributed by atoms with Crippen LogP contribution in [-0.4, -0.2) is 54.5 Å². The van der Waals surface area contributed by atoms with E-state index in [2.05, 4.69) is 0 Å². The van der Waals surface area contributed by atoms with Crippen LogP contribution in [0.1, 0.15) is 25.0 Å². The fraction of sp³-hybridized carbons (Fsp3) is 0.562. The van der Waals surface area contributed by atoms with Crippen LogP contribution in [0.4, 0.5) is 0 Å². The van der Waals surface area contributed by atoms with Crippen LogP contribution in [0.2, 0.25) is 0 Å². The Kier molecular flexibility index (Phi) is 5.90. The van der Waals surface area contributed by atoms with Crippen molar-refractivity contribution in [2.45, 2.75) is 37.8 Å². The smallest absolute Gasteiger partial charge is 0.239 e. The fourth-order valence-corrected chi connectivity index (χ4v) is 2.45. The number of likely N-dealkylation sites (N-methyl/N-ethyl adjacent to an activating group) is 1. The minimum absolute atomic E-state index is 0.235. The minimum Gasteiger partial charge on any atom is -0.386 e. The lowest BCUT2D eigenvalue weighted by atomic mass is 10.0. The number of ether oxygens (including phenoxy) is 2. The maximum absolute atomic E-state index is 12.4. The summed E-state index contributed by atoms with van der Waals surface area (Å²) in [6.07, 6.45) is -0.861. The van der Waals surface area contributed by atoms with Crippen LogP contribution < -0.4 is 5.73 Å². The predicted octanol–water partition coefficient (Wildman–Crippen LogP) is 0.657. The van der Waals surface area contributed by atoms with Crippen LogP contribution in [0.3, 0.4) is 0 Å². The number of aliphatic hydroxyl groups is 1. The molecule has 1 amide bonds. The molecule has 0 radical (unpaired) electrons. The van der Waals surface area contributed by atoms with Crippen LogP contribution in [0.5, 0.6) is 0 Å². The van der Waals surface area contributed by atoms with Crippen molar-refractivity contribution in [2.24, 2.45) is 5.73 Å². The number of nitrogens with zero attached hydrogens (tertiary/aromatic N) is 1. The van der Waals surface area contributed by atoms with Gasteiger partial charge < -0.3 is 25.2 Å². The van der Waals surface area contributed by atoms with E-state index in [1.54, 1.807) is 14.0 Å². The predicted molar refractivity (Wildman–Crippen MR) is 81.9 cm³/mol. The van der Waals surface area contributed by atoms with Gasteiger partial charge in [0.25, 0.3) is 0 Å². The number of benzene rings is 1. The molecule has 2 rings (SSSR count). The lowest BCUT2D eigenvalue weighted by Crippen LogP contribution is -2.48. The van der Waals surface area contributed by atoms with E-state index in [4.69, 9.17) is 15.2 Å². The normalized spacial score (nSPS) is 19.6. The third-order valence-corrected chi connectivity index (χ3v) is 4.01. The minimum atomic E-state index is -0.763. The first-order chi connectivity index (χ1) is 10.5. The molecule has 0 aliphatic carbocycles. The van der Waals surface area contributed by atoms with Crippen molar-refractivity contribution in [2.75, 3.05) is 20.3 Å². The zero-order chi connectivity index (χ0) is 16.1. The number of hydrogen-bond acceptors (Lipinski definition) is 5. The van der Waals surface area contributed by atoms with E-state index in [1.807, 2.05) is 30.3 Å². The van der Waals surface area contributed by atoms with E-state index in [-0.39, 0.29) is 11.9 Å². The molecular formula is C16H24N2O4. The summed E-state index contributed by atoms with van der Waals surface area (Å²) < 4.78 is 10.6. The second-order valence-electron chi connectivity index (χ2n) is 5.56. The molecule has 122 valence electrons. The van der Waals surface area contributed by atoms with E-state index in [9.17, 15) is 9.90 Å². The van der Waals surface area contributed by atoms with Crippen LogP contribution >= 0.6 is 0 Å². The van der Waals surface area contributed by atoms with Gasteiger partial charge in [0, 0.05) is 13.5 Å². The average molecular weight is 308 g/mol. The molecule has 6 nitrogen and oxygen atoms in total. The number of amides is 1. The van der Waals surface area contributed by atoms with E-state index < -0.39 is 18.4 Å². The maximum Gasteiger partial charge on any atom is 0.239 e. The molecule has 1 saturated heterocycles. The highest BCUT2D eigenvalue weighted by Crippen LogP contribution is 2.21. The molecule has 1 aliphatic rings. The third kappa shape index (κ3) is 4.04. The monoisotopic (exact) mass is 308 g/mol. The van der Waals surface area contributed by atoms with Gasteiger partial charge >= 0.3 is 0 Å². The molecule has 6 heteroatoms. The lowest BCUT2D eigenvalue weighted by Gasteiger charge is -2.31. The Morgan fingerprint density at radius 2 is 1.95 bits per heavy atom. The summed E-state index contributed by atoms with van der Waals surface area (Å²) in [6.45, 7) is 2.86. The second kappa shape index (κ2) is 7.69. The molecular weight excluding hydrogens is 284 g/mol. The Morgan fingerprint density at radius 3 is 2.55 bits per heavy atom. The van der Waals surface area contributed by atoms with Crippen molar-refractivity contribution < 1.29 is 19.4 Å². The van der Waals surface area contributed by atoms with E-state index in [0.29, 0.717) is 19.6 Å². The summed E-state index contributed by atoms with van der Waals surface area (Å²) in [5.74, 6) is -0.235. The Labute approximate surface area is 130 Å². The topological polar surface area (TPSA) is 85.0 Å². The van der Waals surface area contributed by atoms with Crippen LogP contribution in [0.15, 0.2) is 30.3 Å². The molecule has 3 N–H and O–H groups in total. The summed E-state index contributed by atoms with van der Waals surface area (Å²) in [4.78, 5) is 13.9. The van der Waals surface area contributed by atoms with Crippen molar-refractivity contribution >= 4 is 5.91 Å². The van der Waals surface area contributed by atoms with Gasteiger partial charge in [0.1, 0.15) is 0 Å². The van der Waals surface area contributed by atoms with Crippen molar-refractivity contribution in [3.05, 3.63) is 35.9 Å². The van der Waals surface area contributed by atoms with Crippen molar-refractivity contribution in [3.8, 4) is 0 Å². The van der Waals surface area contributed by atoms with Crippen molar-refractivity contribution in [3.63, 3.8) is 0 Å². The molecule has 0 aromatic heterocycles. The largest absolute Gasteiger partial charge is 0.386 e. The van der Waals surface area contributed by atoms with Crippen LogP contribution in [-0.2, 0) is 14.3 Å². The number of hydrogen-bond donors (Lipinski definition) is 2. The fourth-order valence-electron chi connectivity index (χ4n) is 2.45. The third-order valence-electron chi connectivity index (χ3n) is 4.01. The first kappa shape index (κ1) is 16.9. The molecule has 0 spiro atoms. The average Bonchev–Trinajstić information content (AvgIpc) is 3.05. The lowest BCUT2D eigenvalue weighted by molar-refractivity contribution is -0.138. The van der Waals surface area contributed by atoms with Crippen LogP contribution in [0.25, 0.3) is 0 Å². The molecule has 3 atom stereocenters. The second-order valence-corrected chi connectivity index (χ2v) is 5.56. The van der Waals surface area contributed by atoms with Gasteiger partial charge in [-0.25, -0.2) is 0 Å². The van der Waals surface area contributed by atoms with Gasteiger partial charge in [-0.05, 0) is 12.5 Å². The molecule has 0 saturated carbocycles. The van der Waals surface area contributed by atoms with E-state index in [0.717, 1.165) is 5.56 Å². The number of aliphatic hydroxyl groups excluding tert-OH is 1. The molecule has 1 aromatic rings. The summed E-state index contributed by atoms with van der Waals surface area (Å²) in [5.41, 5.74) is 6.71. The summed E-state index contributed by atoms with van der Waals surface area (Å²) in [7, 11) is 1.65. The summed E-state index contributed by atoms with van der Waals surface area (Å²) >= 11 is 0. The zero-order valence-electron chi connectivity index (χ0n) is 13.0. The molecule has 22 heavy (non-hydrogen) atoms. The number of rotatable bonds is 6. The molecule has 0 bridgehead atoms. The highest BCUT2D eigenvalue weighted by molar-refractivity contribution is 5.81. The van der Waals surface area contributed by atoms with E-state index in [1.165, 1.54) is 4.90 Å². The molecule has 1 aliphatic heterocycles. The standard InChI is InChI=1S/C16H24N2O4/c1-11(15(19)12-6-4-3-5-7-12)18(2)16(20)13(17)10-14-21-8-9-22-14/h3-7,11,13-15,19H,8-10,17H2,1-2H3. The van der Waals surface area contributed by atoms with Gasteiger partial charge in [0.2, 0.25) is 5.91 Å². The molecule has 1 fully saturated rings. The molecule has 3 unspecified atom stereocenters. The number of carbonyl (C=O) groups excluding carboxylic acids is 1. The van der Waals surface area contributed by atoms with Crippen molar-refractivity contribution in [1.82, 2.24) is 4.90 Å².